The molecular weight excluding hydrogens is 366 g/mol. The van der Waals surface area contributed by atoms with Gasteiger partial charge in [-0.25, -0.2) is 0 Å². The summed E-state index contributed by atoms with van der Waals surface area (Å²) >= 11 is 0. The molecule has 2 aliphatic heterocycles. The zero-order valence-electron chi connectivity index (χ0n) is 16.4. The van der Waals surface area contributed by atoms with Crippen LogP contribution in [0.1, 0.15) is 37.8 Å². The second-order valence-corrected chi connectivity index (χ2v) is 8.04. The van der Waals surface area contributed by atoms with Crippen LogP contribution < -0.4 is 10.6 Å². The topological polar surface area (TPSA) is 121 Å². The van der Waals surface area contributed by atoms with Gasteiger partial charge in [0, 0.05) is 49.0 Å². The van der Waals surface area contributed by atoms with E-state index >= 15 is 0 Å². The van der Waals surface area contributed by atoms with Crippen molar-refractivity contribution in [2.45, 2.75) is 57.2 Å². The molecule has 3 aromatic heterocycles. The number of fused-ring (bicyclic) bond motifs is 3. The molecule has 2 saturated heterocycles. The third-order valence-corrected chi connectivity index (χ3v) is 6.07. The van der Waals surface area contributed by atoms with Gasteiger partial charge in [-0.15, -0.1) is 0 Å². The molecule has 150 valence electrons. The number of piperidine rings is 1. The Balaban J connectivity index is 1.35. The zero-order chi connectivity index (χ0) is 19.8. The predicted octanol–water partition coefficient (Wildman–Crippen LogP) is 3.05. The molecule has 0 amide bonds. The molecule has 0 saturated carbocycles. The smallest absolute Gasteiger partial charge is 0.232 e. The standard InChI is InChI=1S/C20H25N9/c1-12-9-17(28-27-12)24-20-25-18-16(5-7-22-18)19(26-20)23-13-10-14-3-4-15(11-13)29(14)8-2-6-21/h5,7,9,13-15H,2-4,8,10-11H2,1H3,(H4,22,23,24,25,26,27,28)/t13-,14-,15+. The van der Waals surface area contributed by atoms with Crippen LogP contribution in [-0.2, 0) is 0 Å². The first-order valence-electron chi connectivity index (χ1n) is 10.2. The zero-order valence-corrected chi connectivity index (χ0v) is 16.4. The molecule has 9 nitrogen and oxygen atoms in total. The minimum atomic E-state index is 0.374. The van der Waals surface area contributed by atoms with Crippen molar-refractivity contribution in [3.05, 3.63) is 24.0 Å². The van der Waals surface area contributed by atoms with E-state index in [-0.39, 0.29) is 0 Å². The van der Waals surface area contributed by atoms with Gasteiger partial charge < -0.3 is 15.6 Å². The highest BCUT2D eigenvalue weighted by Crippen LogP contribution is 2.37. The van der Waals surface area contributed by atoms with Crippen LogP contribution in [0.5, 0.6) is 0 Å². The molecule has 5 rings (SSSR count). The van der Waals surface area contributed by atoms with Gasteiger partial charge in [-0.2, -0.15) is 20.3 Å². The van der Waals surface area contributed by atoms with E-state index < -0.39 is 0 Å². The van der Waals surface area contributed by atoms with E-state index in [0.29, 0.717) is 36.3 Å². The van der Waals surface area contributed by atoms with Crippen LogP contribution in [0.2, 0.25) is 0 Å². The summed E-state index contributed by atoms with van der Waals surface area (Å²) in [5, 5.41) is 23.9. The number of nitrogens with one attached hydrogen (secondary N) is 4. The first-order valence-corrected chi connectivity index (χ1v) is 10.2. The van der Waals surface area contributed by atoms with E-state index in [9.17, 15) is 0 Å². The average Bonchev–Trinajstić information content (AvgIpc) is 3.39. The van der Waals surface area contributed by atoms with Gasteiger partial charge in [0.15, 0.2) is 5.82 Å². The number of nitriles is 1. The maximum atomic E-state index is 8.93. The first-order chi connectivity index (χ1) is 14.2. The minimum absolute atomic E-state index is 0.374. The van der Waals surface area contributed by atoms with Crippen LogP contribution in [-0.4, -0.2) is 54.7 Å². The molecule has 0 unspecified atom stereocenters. The van der Waals surface area contributed by atoms with Crippen LogP contribution in [0.15, 0.2) is 18.3 Å². The molecule has 2 fully saturated rings. The number of hydrogen-bond donors (Lipinski definition) is 4. The number of H-pyrrole nitrogens is 2. The first kappa shape index (κ1) is 17.9. The number of rotatable bonds is 6. The van der Waals surface area contributed by atoms with E-state index in [1.165, 1.54) is 12.8 Å². The Morgan fingerprint density at radius 2 is 2.10 bits per heavy atom. The Morgan fingerprint density at radius 3 is 2.83 bits per heavy atom. The van der Waals surface area contributed by atoms with Gasteiger partial charge in [-0.05, 0) is 38.7 Å². The maximum absolute atomic E-state index is 8.93. The second-order valence-electron chi connectivity index (χ2n) is 8.04. The van der Waals surface area contributed by atoms with Crippen molar-refractivity contribution in [2.75, 3.05) is 17.2 Å². The molecule has 0 aliphatic carbocycles. The Kier molecular flexibility index (Phi) is 4.56. The number of nitrogens with zero attached hydrogens (tertiary/aromatic N) is 5. The fourth-order valence-corrected chi connectivity index (χ4v) is 4.83. The third kappa shape index (κ3) is 3.51. The summed E-state index contributed by atoms with van der Waals surface area (Å²) in [5.41, 5.74) is 1.78. The summed E-state index contributed by atoms with van der Waals surface area (Å²) in [6.07, 6.45) is 7.12. The summed E-state index contributed by atoms with van der Waals surface area (Å²) in [6, 6.07) is 7.72. The molecule has 0 aromatic carbocycles. The molecule has 5 heterocycles. The minimum Gasteiger partial charge on any atom is -0.366 e. The number of aromatic amines is 2. The van der Waals surface area contributed by atoms with Crippen LogP contribution in [0, 0.1) is 18.3 Å². The summed E-state index contributed by atoms with van der Waals surface area (Å²) in [7, 11) is 0. The van der Waals surface area contributed by atoms with Crippen molar-refractivity contribution in [1.29, 1.82) is 5.26 Å². The van der Waals surface area contributed by atoms with Crippen LogP contribution in [0.25, 0.3) is 11.0 Å². The lowest BCUT2D eigenvalue weighted by Gasteiger charge is -2.39. The lowest BCUT2D eigenvalue weighted by Crippen LogP contribution is -2.47. The monoisotopic (exact) mass is 391 g/mol. The van der Waals surface area contributed by atoms with Gasteiger partial charge in [0.05, 0.1) is 11.5 Å². The number of anilines is 3. The molecule has 2 aliphatic rings. The van der Waals surface area contributed by atoms with Crippen molar-refractivity contribution in [1.82, 2.24) is 30.0 Å². The second kappa shape index (κ2) is 7.37. The highest BCUT2D eigenvalue weighted by molar-refractivity contribution is 5.88. The average molecular weight is 391 g/mol. The van der Waals surface area contributed by atoms with Crippen molar-refractivity contribution in [3.63, 3.8) is 0 Å². The van der Waals surface area contributed by atoms with E-state index in [4.69, 9.17) is 10.2 Å². The fraction of sp³-hybridized carbons (Fsp3) is 0.500. The van der Waals surface area contributed by atoms with Crippen molar-refractivity contribution in [3.8, 4) is 6.07 Å². The van der Waals surface area contributed by atoms with E-state index in [2.05, 4.69) is 41.8 Å². The van der Waals surface area contributed by atoms with Crippen molar-refractivity contribution >= 4 is 28.6 Å². The quantitative estimate of drug-likeness (QED) is 0.509. The van der Waals surface area contributed by atoms with Gasteiger partial charge in [0.25, 0.3) is 0 Å². The summed E-state index contributed by atoms with van der Waals surface area (Å²) in [4.78, 5) is 15.1. The summed E-state index contributed by atoms with van der Waals surface area (Å²) in [5.74, 6) is 2.06. The lowest BCUT2D eigenvalue weighted by molar-refractivity contribution is 0.136. The van der Waals surface area contributed by atoms with Gasteiger partial charge in [-0.3, -0.25) is 10.00 Å². The summed E-state index contributed by atoms with van der Waals surface area (Å²) < 4.78 is 0. The molecular formula is C20H25N9. The van der Waals surface area contributed by atoms with Crippen LogP contribution >= 0.6 is 0 Å². The molecule has 29 heavy (non-hydrogen) atoms. The molecule has 2 bridgehead atoms. The molecule has 3 aromatic rings. The molecule has 9 heteroatoms. The molecule has 0 spiro atoms. The largest absolute Gasteiger partial charge is 0.366 e. The number of aryl methyl sites for hydroxylation is 1. The van der Waals surface area contributed by atoms with Gasteiger partial charge in [-0.1, -0.05) is 0 Å². The molecule has 3 atom stereocenters. The predicted molar refractivity (Wildman–Crippen MR) is 111 cm³/mol. The Hall–Kier alpha value is -3.12. The van der Waals surface area contributed by atoms with E-state index in [1.54, 1.807) is 0 Å². The SMILES string of the molecule is Cc1cc(Nc2nc(N[C@@H]3C[C@H]4CC[C@@H](C3)N4CCC#N)c3cc[nH]c3n2)n[nH]1. The Morgan fingerprint density at radius 1 is 1.28 bits per heavy atom. The molecule has 4 N–H and O–H groups in total. The third-order valence-electron chi connectivity index (χ3n) is 6.07. The lowest BCUT2D eigenvalue weighted by atomic mass is 9.97. The highest BCUT2D eigenvalue weighted by atomic mass is 15.3. The van der Waals surface area contributed by atoms with Crippen molar-refractivity contribution in [2.24, 2.45) is 0 Å². The summed E-state index contributed by atoms with van der Waals surface area (Å²) in [6.45, 7) is 2.85. The van der Waals surface area contributed by atoms with Gasteiger partial charge >= 0.3 is 0 Å². The maximum Gasteiger partial charge on any atom is 0.232 e. The van der Waals surface area contributed by atoms with E-state index in [0.717, 1.165) is 41.9 Å². The Labute approximate surface area is 168 Å². The number of hydrogen-bond acceptors (Lipinski definition) is 7. The van der Waals surface area contributed by atoms with E-state index in [1.807, 2.05) is 25.3 Å². The van der Waals surface area contributed by atoms with Crippen LogP contribution in [0.4, 0.5) is 17.6 Å². The van der Waals surface area contributed by atoms with Gasteiger partial charge in [0.2, 0.25) is 5.95 Å². The Bertz CT molecular complexity index is 1030. The molecule has 0 radical (unpaired) electrons. The number of aromatic nitrogens is 5. The normalized spacial score (nSPS) is 23.9. The highest BCUT2D eigenvalue weighted by Gasteiger charge is 2.40. The van der Waals surface area contributed by atoms with Crippen LogP contribution in [0.3, 0.4) is 0 Å². The van der Waals surface area contributed by atoms with Crippen molar-refractivity contribution < 1.29 is 0 Å². The fourth-order valence-electron chi connectivity index (χ4n) is 4.83. The van der Waals surface area contributed by atoms with Gasteiger partial charge in [0.1, 0.15) is 11.5 Å².